The Labute approximate surface area is 180 Å². The number of phenols is 3. The van der Waals surface area contributed by atoms with Crippen LogP contribution in [0.5, 0.6) is 17.2 Å². The van der Waals surface area contributed by atoms with Crippen molar-refractivity contribution in [1.29, 1.82) is 0 Å². The number of hydrogen-bond acceptors (Lipinski definition) is 7. The Morgan fingerprint density at radius 3 is 2.19 bits per heavy atom. The van der Waals surface area contributed by atoms with Crippen molar-refractivity contribution in [3.63, 3.8) is 0 Å². The molecule has 0 atom stereocenters. The second kappa shape index (κ2) is 8.01. The standard InChI is InChI=1S/C16H11ClN2O6S.Na/c17-9-2-4-12(20)11(6-9)18-19-16-13(21)3-1-8-5-10(26(23,24)25)7-14(22)15(8)16;/h1-7,20-22H,(H,23,24,25);. The van der Waals surface area contributed by atoms with Crippen LogP contribution in [0.1, 0.15) is 0 Å². The van der Waals surface area contributed by atoms with Crippen LogP contribution in [0.2, 0.25) is 5.02 Å². The van der Waals surface area contributed by atoms with Crippen LogP contribution in [0, 0.1) is 0 Å². The fraction of sp³-hybridized carbons (Fsp3) is 0. The molecule has 0 amide bonds. The van der Waals surface area contributed by atoms with E-state index in [2.05, 4.69) is 10.2 Å². The summed E-state index contributed by atoms with van der Waals surface area (Å²) >= 11 is 5.83. The first-order valence-corrected chi connectivity index (χ1v) is 8.85. The molecule has 1 radical (unpaired) electrons. The Bertz CT molecular complexity index is 1170. The minimum atomic E-state index is -4.53. The number of aromatic hydroxyl groups is 3. The molecule has 3 aromatic rings. The summed E-state index contributed by atoms with van der Waals surface area (Å²) in [6, 6.07) is 8.62. The Hall–Kier alpha value is -1.88. The fourth-order valence-electron chi connectivity index (χ4n) is 2.32. The van der Waals surface area contributed by atoms with Crippen molar-refractivity contribution >= 4 is 73.4 Å². The third-order valence-corrected chi connectivity index (χ3v) is 4.58. The molecule has 0 spiro atoms. The maximum atomic E-state index is 11.3. The molecule has 0 fully saturated rings. The topological polar surface area (TPSA) is 140 Å². The number of nitrogens with zero attached hydrogens (tertiary/aromatic N) is 2. The molecule has 4 N–H and O–H groups in total. The van der Waals surface area contributed by atoms with Crippen LogP contribution in [-0.4, -0.2) is 57.8 Å². The molecule has 27 heavy (non-hydrogen) atoms. The predicted molar refractivity (Wildman–Crippen MR) is 100 cm³/mol. The number of fused-ring (bicyclic) bond motifs is 1. The molecule has 3 aromatic carbocycles. The summed E-state index contributed by atoms with van der Waals surface area (Å²) < 4.78 is 31.7. The van der Waals surface area contributed by atoms with E-state index in [1.54, 1.807) is 0 Å². The molecule has 135 valence electrons. The van der Waals surface area contributed by atoms with E-state index in [1.807, 2.05) is 0 Å². The molecule has 0 aliphatic rings. The molecule has 0 aromatic heterocycles. The number of benzene rings is 3. The van der Waals surface area contributed by atoms with Gasteiger partial charge in [0, 0.05) is 40.6 Å². The van der Waals surface area contributed by atoms with Gasteiger partial charge >= 0.3 is 0 Å². The molecule has 0 heterocycles. The van der Waals surface area contributed by atoms with E-state index in [0.717, 1.165) is 12.1 Å². The van der Waals surface area contributed by atoms with Gasteiger partial charge in [0.1, 0.15) is 28.6 Å². The van der Waals surface area contributed by atoms with Crippen molar-refractivity contribution in [1.82, 2.24) is 0 Å². The van der Waals surface area contributed by atoms with E-state index in [4.69, 9.17) is 16.2 Å². The van der Waals surface area contributed by atoms with Crippen molar-refractivity contribution in [3.8, 4) is 17.2 Å². The maximum Gasteiger partial charge on any atom is 0.294 e. The second-order valence-corrected chi connectivity index (χ2v) is 7.14. The summed E-state index contributed by atoms with van der Waals surface area (Å²) in [7, 11) is -4.53. The maximum absolute atomic E-state index is 11.3. The minimum Gasteiger partial charge on any atom is -0.507 e. The Balaban J connectivity index is 0.00000261. The number of halogens is 1. The molecule has 0 unspecified atom stereocenters. The van der Waals surface area contributed by atoms with Gasteiger partial charge in [0.05, 0.1) is 10.3 Å². The van der Waals surface area contributed by atoms with E-state index in [-0.39, 0.29) is 63.2 Å². The number of azo groups is 1. The van der Waals surface area contributed by atoms with Gasteiger partial charge in [-0.15, -0.1) is 10.2 Å². The summed E-state index contributed by atoms with van der Waals surface area (Å²) in [4.78, 5) is -0.511. The predicted octanol–water partition coefficient (Wildman–Crippen LogP) is 3.89. The average Bonchev–Trinajstić information content (AvgIpc) is 2.56. The molecule has 0 aliphatic heterocycles. The Morgan fingerprint density at radius 2 is 1.52 bits per heavy atom. The van der Waals surface area contributed by atoms with Gasteiger partial charge in [0.25, 0.3) is 10.1 Å². The summed E-state index contributed by atoms with van der Waals surface area (Å²) in [5.74, 6) is -1.07. The SMILES string of the molecule is O=S(=O)(O)c1cc(O)c2c(N=Nc3cc(Cl)ccc3O)c(O)ccc2c1.[Na]. The van der Waals surface area contributed by atoms with Crippen molar-refractivity contribution in [2.75, 3.05) is 0 Å². The van der Waals surface area contributed by atoms with E-state index in [1.165, 1.54) is 30.3 Å². The molecule has 0 bridgehead atoms. The Morgan fingerprint density at radius 1 is 0.852 bits per heavy atom. The molecule has 0 aliphatic carbocycles. The van der Waals surface area contributed by atoms with E-state index in [0.29, 0.717) is 5.02 Å². The minimum absolute atomic E-state index is 0. The summed E-state index contributed by atoms with van der Waals surface area (Å²) in [5, 5.41) is 38.1. The van der Waals surface area contributed by atoms with Gasteiger partial charge in [0.15, 0.2) is 0 Å². The van der Waals surface area contributed by atoms with Gasteiger partial charge in [-0.25, -0.2) is 0 Å². The smallest absolute Gasteiger partial charge is 0.294 e. The van der Waals surface area contributed by atoms with Gasteiger partial charge in [-0.2, -0.15) is 8.42 Å². The number of phenolic OH excluding ortho intramolecular Hbond substituents is 3. The third kappa shape index (κ3) is 4.52. The summed E-state index contributed by atoms with van der Waals surface area (Å²) in [5.41, 5.74) is -0.121. The largest absolute Gasteiger partial charge is 0.507 e. The van der Waals surface area contributed by atoms with Gasteiger partial charge in [-0.3, -0.25) is 4.55 Å². The van der Waals surface area contributed by atoms with Gasteiger partial charge in [-0.1, -0.05) is 17.7 Å². The van der Waals surface area contributed by atoms with Gasteiger partial charge in [0.2, 0.25) is 0 Å². The van der Waals surface area contributed by atoms with Gasteiger partial charge < -0.3 is 15.3 Å². The molecule has 8 nitrogen and oxygen atoms in total. The van der Waals surface area contributed by atoms with Crippen LogP contribution in [-0.2, 0) is 10.1 Å². The van der Waals surface area contributed by atoms with Crippen molar-refractivity contribution in [2.45, 2.75) is 4.90 Å². The fourth-order valence-corrected chi connectivity index (χ4v) is 3.02. The molecule has 3 rings (SSSR count). The molecular formula is C16H11ClN2NaO6S. The average molecular weight is 418 g/mol. The quantitative estimate of drug-likeness (QED) is 0.289. The van der Waals surface area contributed by atoms with Crippen LogP contribution >= 0.6 is 11.6 Å². The van der Waals surface area contributed by atoms with Crippen molar-refractivity contribution in [2.24, 2.45) is 10.2 Å². The van der Waals surface area contributed by atoms with Crippen molar-refractivity contribution < 1.29 is 28.3 Å². The second-order valence-electron chi connectivity index (χ2n) is 5.28. The normalized spacial score (nSPS) is 11.6. The van der Waals surface area contributed by atoms with Crippen LogP contribution in [0.25, 0.3) is 10.8 Å². The number of hydrogen-bond donors (Lipinski definition) is 4. The first kappa shape index (κ1) is 21.4. The molecule has 0 saturated heterocycles. The van der Waals surface area contributed by atoms with Crippen molar-refractivity contribution in [3.05, 3.63) is 47.5 Å². The molecule has 11 heteroatoms. The zero-order valence-electron chi connectivity index (χ0n) is 13.8. The van der Waals surface area contributed by atoms with E-state index in [9.17, 15) is 23.7 Å². The van der Waals surface area contributed by atoms with Crippen LogP contribution in [0.4, 0.5) is 11.4 Å². The van der Waals surface area contributed by atoms with Gasteiger partial charge in [-0.05, 0) is 35.7 Å². The first-order valence-electron chi connectivity index (χ1n) is 7.03. The van der Waals surface area contributed by atoms with Crippen LogP contribution < -0.4 is 0 Å². The summed E-state index contributed by atoms with van der Waals surface area (Å²) in [6.07, 6.45) is 0. The molecular weight excluding hydrogens is 407 g/mol. The molecule has 0 saturated carbocycles. The van der Waals surface area contributed by atoms with Crippen LogP contribution in [0.3, 0.4) is 0 Å². The zero-order chi connectivity index (χ0) is 19.1. The number of rotatable bonds is 3. The Kier molecular flexibility index (Phi) is 6.35. The summed E-state index contributed by atoms with van der Waals surface area (Å²) in [6.45, 7) is 0. The third-order valence-electron chi connectivity index (χ3n) is 3.51. The van der Waals surface area contributed by atoms with Crippen LogP contribution in [0.15, 0.2) is 57.6 Å². The van der Waals surface area contributed by atoms with E-state index < -0.39 is 20.8 Å². The monoisotopic (exact) mass is 417 g/mol. The first-order chi connectivity index (χ1) is 12.2. The van der Waals surface area contributed by atoms with E-state index >= 15 is 0 Å². The zero-order valence-corrected chi connectivity index (χ0v) is 17.4.